The van der Waals surface area contributed by atoms with Crippen LogP contribution in [0.1, 0.15) is 25.7 Å². The lowest BCUT2D eigenvalue weighted by Crippen LogP contribution is -2.41. The van der Waals surface area contributed by atoms with E-state index in [0.29, 0.717) is 10.9 Å². The fourth-order valence-electron chi connectivity index (χ4n) is 2.78. The van der Waals surface area contributed by atoms with Crippen molar-refractivity contribution in [1.82, 2.24) is 9.97 Å². The van der Waals surface area contributed by atoms with Crippen molar-refractivity contribution in [3.63, 3.8) is 0 Å². The van der Waals surface area contributed by atoms with Crippen molar-refractivity contribution in [3.05, 3.63) is 30.5 Å². The minimum atomic E-state index is 0.495. The van der Waals surface area contributed by atoms with Crippen LogP contribution >= 0.6 is 15.9 Å². The fourth-order valence-corrected chi connectivity index (χ4v) is 3.73. The zero-order valence-electron chi connectivity index (χ0n) is 11.1. The van der Waals surface area contributed by atoms with Gasteiger partial charge < -0.3 is 4.90 Å². The minimum absolute atomic E-state index is 0.495. The Bertz CT molecular complexity index is 572. The predicted molar refractivity (Wildman–Crippen MR) is 82.9 cm³/mol. The van der Waals surface area contributed by atoms with E-state index >= 15 is 0 Å². The largest absolute Gasteiger partial charge is 0.340 e. The van der Waals surface area contributed by atoms with Crippen LogP contribution < -0.4 is 4.90 Å². The van der Waals surface area contributed by atoms with Crippen molar-refractivity contribution >= 4 is 32.8 Å². The summed E-state index contributed by atoms with van der Waals surface area (Å²) in [5.41, 5.74) is 1.02. The Balaban J connectivity index is 1.90. The van der Waals surface area contributed by atoms with Crippen molar-refractivity contribution in [2.75, 3.05) is 11.9 Å². The first-order valence-electron chi connectivity index (χ1n) is 6.84. The maximum Gasteiger partial charge on any atom is 0.225 e. The topological polar surface area (TPSA) is 29.0 Å². The molecule has 0 bridgehead atoms. The van der Waals surface area contributed by atoms with Gasteiger partial charge in [-0.15, -0.1) is 0 Å². The van der Waals surface area contributed by atoms with Crippen molar-refractivity contribution in [1.29, 1.82) is 0 Å². The summed E-state index contributed by atoms with van der Waals surface area (Å²) in [7, 11) is 2.11. The Kier molecular flexibility index (Phi) is 3.69. The fraction of sp³-hybridized carbons (Fsp3) is 0.467. The second-order valence-corrected chi connectivity index (χ2v) is 6.38. The molecule has 19 heavy (non-hydrogen) atoms. The monoisotopic (exact) mass is 319 g/mol. The number of fused-ring (bicyclic) bond motifs is 1. The second-order valence-electron chi connectivity index (χ2n) is 5.21. The molecule has 1 aliphatic rings. The summed E-state index contributed by atoms with van der Waals surface area (Å²) < 4.78 is 0. The summed E-state index contributed by atoms with van der Waals surface area (Å²) in [6.45, 7) is 0. The molecule has 1 saturated carbocycles. The molecule has 0 radical (unpaired) electrons. The van der Waals surface area contributed by atoms with Crippen LogP contribution in [0.4, 0.5) is 5.95 Å². The number of para-hydroxylation sites is 1. The molecule has 1 fully saturated rings. The average Bonchev–Trinajstić information content (AvgIpc) is 2.46. The summed E-state index contributed by atoms with van der Waals surface area (Å²) >= 11 is 3.81. The molecule has 2 atom stereocenters. The molecule has 0 spiro atoms. The van der Waals surface area contributed by atoms with E-state index in [-0.39, 0.29) is 0 Å². The Hall–Kier alpha value is -1.16. The summed E-state index contributed by atoms with van der Waals surface area (Å²) in [6.07, 6.45) is 6.98. The van der Waals surface area contributed by atoms with Gasteiger partial charge in [0.05, 0.1) is 5.52 Å². The smallest absolute Gasteiger partial charge is 0.225 e. The standard InChI is InChI=1S/C15H18BrN3/c1-19(14-9-5-3-7-12(14)16)15-17-10-11-6-2-4-8-13(11)18-15/h2,4,6,8,10,12,14H,3,5,7,9H2,1H3. The normalized spacial score (nSPS) is 23.5. The molecule has 0 amide bonds. The van der Waals surface area contributed by atoms with E-state index in [9.17, 15) is 0 Å². The molecule has 100 valence electrons. The first kappa shape index (κ1) is 12.9. The van der Waals surface area contributed by atoms with Gasteiger partial charge in [-0.05, 0) is 18.9 Å². The lowest BCUT2D eigenvalue weighted by molar-refractivity contribution is 0.440. The zero-order valence-corrected chi connectivity index (χ0v) is 12.7. The summed E-state index contributed by atoms with van der Waals surface area (Å²) in [4.78, 5) is 12.0. The Labute approximate surface area is 122 Å². The summed E-state index contributed by atoms with van der Waals surface area (Å²) in [5.74, 6) is 0.829. The van der Waals surface area contributed by atoms with Gasteiger partial charge >= 0.3 is 0 Å². The Morgan fingerprint density at radius 1 is 1.21 bits per heavy atom. The lowest BCUT2D eigenvalue weighted by Gasteiger charge is -2.35. The average molecular weight is 320 g/mol. The van der Waals surface area contributed by atoms with Gasteiger partial charge in [0, 0.05) is 29.5 Å². The molecule has 2 aromatic rings. The number of aromatic nitrogens is 2. The minimum Gasteiger partial charge on any atom is -0.340 e. The highest BCUT2D eigenvalue weighted by atomic mass is 79.9. The van der Waals surface area contributed by atoms with Crippen molar-refractivity contribution in [2.24, 2.45) is 0 Å². The predicted octanol–water partition coefficient (Wildman–Crippen LogP) is 3.77. The number of alkyl halides is 1. The quantitative estimate of drug-likeness (QED) is 0.789. The maximum atomic E-state index is 4.68. The van der Waals surface area contributed by atoms with Crippen LogP contribution in [0.3, 0.4) is 0 Å². The number of halogens is 1. The van der Waals surface area contributed by atoms with Gasteiger partial charge in [0.25, 0.3) is 0 Å². The summed E-state index contributed by atoms with van der Waals surface area (Å²) in [6, 6.07) is 8.63. The molecule has 4 heteroatoms. The Morgan fingerprint density at radius 3 is 2.84 bits per heavy atom. The van der Waals surface area contributed by atoms with Crippen molar-refractivity contribution in [2.45, 2.75) is 36.6 Å². The number of hydrogen-bond acceptors (Lipinski definition) is 3. The van der Waals surface area contributed by atoms with Gasteiger partial charge in [0.1, 0.15) is 0 Å². The van der Waals surface area contributed by atoms with E-state index in [2.05, 4.69) is 37.8 Å². The van der Waals surface area contributed by atoms with E-state index in [1.54, 1.807) is 0 Å². The highest BCUT2D eigenvalue weighted by Crippen LogP contribution is 2.29. The molecule has 1 aliphatic carbocycles. The molecule has 1 heterocycles. The van der Waals surface area contributed by atoms with Crippen LogP contribution in [-0.2, 0) is 0 Å². The van der Waals surface area contributed by atoms with Gasteiger partial charge in [-0.2, -0.15) is 0 Å². The number of benzene rings is 1. The molecule has 1 aromatic carbocycles. The Morgan fingerprint density at radius 2 is 2.00 bits per heavy atom. The van der Waals surface area contributed by atoms with Crippen LogP contribution in [0.2, 0.25) is 0 Å². The number of rotatable bonds is 2. The molecule has 0 aliphatic heterocycles. The lowest BCUT2D eigenvalue weighted by atomic mass is 9.94. The highest BCUT2D eigenvalue weighted by Gasteiger charge is 2.27. The first-order chi connectivity index (χ1) is 9.25. The molecular formula is C15H18BrN3. The van der Waals surface area contributed by atoms with Gasteiger partial charge in [0.2, 0.25) is 5.95 Å². The van der Waals surface area contributed by atoms with Crippen LogP contribution in [0.5, 0.6) is 0 Å². The van der Waals surface area contributed by atoms with E-state index in [1.807, 2.05) is 30.5 Å². The first-order valence-corrected chi connectivity index (χ1v) is 7.76. The van der Waals surface area contributed by atoms with Crippen molar-refractivity contribution in [3.8, 4) is 0 Å². The third-order valence-corrected chi connectivity index (χ3v) is 5.00. The zero-order chi connectivity index (χ0) is 13.2. The summed E-state index contributed by atoms with van der Waals surface area (Å²) in [5, 5.41) is 1.10. The number of anilines is 1. The third kappa shape index (κ3) is 2.59. The molecular weight excluding hydrogens is 302 g/mol. The maximum absolute atomic E-state index is 4.68. The van der Waals surface area contributed by atoms with E-state index in [0.717, 1.165) is 16.9 Å². The van der Waals surface area contributed by atoms with Crippen LogP contribution in [0.25, 0.3) is 10.9 Å². The van der Waals surface area contributed by atoms with Gasteiger partial charge in [0.15, 0.2) is 0 Å². The SMILES string of the molecule is CN(c1ncc2ccccc2n1)C1CCCCC1Br. The third-order valence-electron chi connectivity index (χ3n) is 3.94. The number of nitrogens with zero attached hydrogens (tertiary/aromatic N) is 3. The van der Waals surface area contributed by atoms with Crippen molar-refractivity contribution < 1.29 is 0 Å². The van der Waals surface area contributed by atoms with Crippen LogP contribution in [-0.4, -0.2) is 27.9 Å². The van der Waals surface area contributed by atoms with E-state index < -0.39 is 0 Å². The molecule has 1 aromatic heterocycles. The second kappa shape index (κ2) is 5.45. The van der Waals surface area contributed by atoms with Gasteiger partial charge in [-0.3, -0.25) is 0 Å². The van der Waals surface area contributed by atoms with Crippen LogP contribution in [0, 0.1) is 0 Å². The van der Waals surface area contributed by atoms with E-state index in [4.69, 9.17) is 0 Å². The van der Waals surface area contributed by atoms with Gasteiger partial charge in [-0.25, -0.2) is 9.97 Å². The van der Waals surface area contributed by atoms with E-state index in [1.165, 1.54) is 25.7 Å². The molecule has 0 N–H and O–H groups in total. The molecule has 3 nitrogen and oxygen atoms in total. The highest BCUT2D eigenvalue weighted by molar-refractivity contribution is 9.09. The van der Waals surface area contributed by atoms with Crippen LogP contribution in [0.15, 0.2) is 30.5 Å². The van der Waals surface area contributed by atoms with Gasteiger partial charge in [-0.1, -0.05) is 47.0 Å². The molecule has 0 saturated heterocycles. The molecule has 2 unspecified atom stereocenters. The number of hydrogen-bond donors (Lipinski definition) is 0. The molecule has 3 rings (SSSR count).